The van der Waals surface area contributed by atoms with Crippen LogP contribution in [-0.4, -0.2) is 34.6 Å². The summed E-state index contributed by atoms with van der Waals surface area (Å²) in [6.45, 7) is 1.65. The van der Waals surface area contributed by atoms with Gasteiger partial charge in [0.2, 0.25) is 0 Å². The van der Waals surface area contributed by atoms with Crippen molar-refractivity contribution in [2.24, 2.45) is 5.73 Å². The number of piperidine rings is 1. The van der Waals surface area contributed by atoms with Crippen LogP contribution in [0.1, 0.15) is 24.0 Å². The van der Waals surface area contributed by atoms with Gasteiger partial charge in [0.1, 0.15) is 0 Å². The fourth-order valence-electron chi connectivity index (χ4n) is 2.45. The first-order valence-corrected chi connectivity index (χ1v) is 7.17. The van der Waals surface area contributed by atoms with Gasteiger partial charge in [0.15, 0.2) is 5.60 Å². The molecule has 1 aromatic carbocycles. The second kappa shape index (κ2) is 5.92. The SMILES string of the molecule is N#Cc1ccc(CN2CCC[C@@](O)(C(N)=O)C2)c(Br)c1. The van der Waals surface area contributed by atoms with Crippen molar-refractivity contribution in [3.63, 3.8) is 0 Å². The fraction of sp³-hybridized carbons (Fsp3) is 0.429. The summed E-state index contributed by atoms with van der Waals surface area (Å²) in [5.74, 6) is -0.666. The van der Waals surface area contributed by atoms with Crippen LogP contribution >= 0.6 is 15.9 Å². The zero-order valence-corrected chi connectivity index (χ0v) is 12.6. The topological polar surface area (TPSA) is 90.3 Å². The van der Waals surface area contributed by atoms with Gasteiger partial charge in [-0.2, -0.15) is 5.26 Å². The van der Waals surface area contributed by atoms with Crippen LogP contribution < -0.4 is 5.73 Å². The largest absolute Gasteiger partial charge is 0.379 e. The summed E-state index contributed by atoms with van der Waals surface area (Å²) in [4.78, 5) is 13.3. The molecule has 1 aromatic rings. The standard InChI is InChI=1S/C14H16BrN3O2/c15-12-6-10(7-16)2-3-11(12)8-18-5-1-4-14(20,9-18)13(17)19/h2-3,6,20H,1,4-5,8-9H2,(H2,17,19)/t14-/m0/s1. The first-order valence-electron chi connectivity index (χ1n) is 6.38. The van der Waals surface area contributed by atoms with Crippen molar-refractivity contribution in [1.29, 1.82) is 5.26 Å². The lowest BCUT2D eigenvalue weighted by atomic mass is 9.92. The Kier molecular flexibility index (Phi) is 4.43. The molecule has 1 saturated heterocycles. The number of nitrogens with two attached hydrogens (primary N) is 1. The van der Waals surface area contributed by atoms with Gasteiger partial charge in [0.25, 0.3) is 5.91 Å². The van der Waals surface area contributed by atoms with Gasteiger partial charge in [-0.05, 0) is 37.1 Å². The summed E-state index contributed by atoms with van der Waals surface area (Å²) in [7, 11) is 0. The Hall–Kier alpha value is -1.42. The Bertz CT molecular complexity index is 570. The Morgan fingerprint density at radius 2 is 2.35 bits per heavy atom. The molecule has 0 radical (unpaired) electrons. The van der Waals surface area contributed by atoms with Crippen LogP contribution in [0.15, 0.2) is 22.7 Å². The normalized spacial score (nSPS) is 23.2. The first kappa shape index (κ1) is 15.0. The molecule has 0 saturated carbocycles. The number of hydrogen-bond donors (Lipinski definition) is 2. The van der Waals surface area contributed by atoms with E-state index in [1.807, 2.05) is 11.0 Å². The van der Waals surface area contributed by atoms with Gasteiger partial charge in [-0.1, -0.05) is 22.0 Å². The number of amides is 1. The van der Waals surface area contributed by atoms with E-state index in [1.165, 1.54) is 0 Å². The van der Waals surface area contributed by atoms with Crippen LogP contribution in [0, 0.1) is 11.3 Å². The molecule has 1 fully saturated rings. The molecule has 0 spiro atoms. The van der Waals surface area contributed by atoms with E-state index in [0.717, 1.165) is 23.0 Å². The summed E-state index contributed by atoms with van der Waals surface area (Å²) in [5.41, 5.74) is 5.43. The lowest BCUT2D eigenvalue weighted by Gasteiger charge is -2.37. The number of nitriles is 1. The highest BCUT2D eigenvalue weighted by atomic mass is 79.9. The zero-order chi connectivity index (χ0) is 14.8. The molecule has 0 unspecified atom stereocenters. The molecule has 1 aliphatic heterocycles. The van der Waals surface area contributed by atoms with E-state index in [-0.39, 0.29) is 6.54 Å². The number of benzene rings is 1. The smallest absolute Gasteiger partial charge is 0.250 e. The number of rotatable bonds is 3. The van der Waals surface area contributed by atoms with E-state index in [4.69, 9.17) is 11.0 Å². The Morgan fingerprint density at radius 1 is 1.60 bits per heavy atom. The number of primary amides is 1. The van der Waals surface area contributed by atoms with Crippen molar-refractivity contribution >= 4 is 21.8 Å². The number of β-amino-alcohol motifs (C(OH)–C–C–N with tert-alkyl or cyclic N) is 1. The minimum absolute atomic E-state index is 0.245. The maximum absolute atomic E-state index is 11.3. The second-order valence-electron chi connectivity index (χ2n) is 5.13. The monoisotopic (exact) mass is 337 g/mol. The van der Waals surface area contributed by atoms with Crippen molar-refractivity contribution in [1.82, 2.24) is 4.90 Å². The highest BCUT2D eigenvalue weighted by Crippen LogP contribution is 2.25. The molecule has 1 heterocycles. The van der Waals surface area contributed by atoms with E-state index < -0.39 is 11.5 Å². The molecule has 5 nitrogen and oxygen atoms in total. The number of aliphatic hydroxyl groups is 1. The van der Waals surface area contributed by atoms with Crippen molar-refractivity contribution in [3.8, 4) is 6.07 Å². The fourth-order valence-corrected chi connectivity index (χ4v) is 2.95. The minimum Gasteiger partial charge on any atom is -0.379 e. The van der Waals surface area contributed by atoms with Crippen LogP contribution in [0.5, 0.6) is 0 Å². The number of carbonyl (C=O) groups is 1. The first-order chi connectivity index (χ1) is 9.44. The third kappa shape index (κ3) is 3.18. The number of hydrogen-bond acceptors (Lipinski definition) is 4. The van der Waals surface area contributed by atoms with Crippen LogP contribution in [-0.2, 0) is 11.3 Å². The lowest BCUT2D eigenvalue weighted by molar-refractivity contribution is -0.142. The van der Waals surface area contributed by atoms with Gasteiger partial charge in [-0.3, -0.25) is 9.69 Å². The van der Waals surface area contributed by atoms with E-state index >= 15 is 0 Å². The predicted molar refractivity (Wildman–Crippen MR) is 77.5 cm³/mol. The quantitative estimate of drug-likeness (QED) is 0.865. The third-order valence-corrected chi connectivity index (χ3v) is 4.32. The van der Waals surface area contributed by atoms with Gasteiger partial charge in [-0.25, -0.2) is 0 Å². The maximum Gasteiger partial charge on any atom is 0.250 e. The molecule has 0 aromatic heterocycles. The summed E-state index contributed by atoms with van der Waals surface area (Å²) < 4.78 is 0.852. The van der Waals surface area contributed by atoms with Crippen molar-refractivity contribution in [3.05, 3.63) is 33.8 Å². The molecule has 20 heavy (non-hydrogen) atoms. The summed E-state index contributed by atoms with van der Waals surface area (Å²) >= 11 is 3.44. The molecule has 0 bridgehead atoms. The summed E-state index contributed by atoms with van der Waals surface area (Å²) in [6.07, 6.45) is 1.14. The van der Waals surface area contributed by atoms with Gasteiger partial charge >= 0.3 is 0 Å². The number of carbonyl (C=O) groups excluding carboxylic acids is 1. The number of nitrogens with zero attached hydrogens (tertiary/aromatic N) is 2. The predicted octanol–water partition coefficient (Wildman–Crippen LogP) is 1.13. The molecule has 1 amide bonds. The average molecular weight is 338 g/mol. The van der Waals surface area contributed by atoms with Crippen LogP contribution in [0.4, 0.5) is 0 Å². The minimum atomic E-state index is -1.43. The zero-order valence-electron chi connectivity index (χ0n) is 11.0. The number of halogens is 1. The van der Waals surface area contributed by atoms with Crippen molar-refractivity contribution in [2.75, 3.05) is 13.1 Å². The maximum atomic E-state index is 11.3. The number of likely N-dealkylation sites (tertiary alicyclic amines) is 1. The highest BCUT2D eigenvalue weighted by molar-refractivity contribution is 9.10. The van der Waals surface area contributed by atoms with Crippen LogP contribution in [0.25, 0.3) is 0 Å². The summed E-state index contributed by atoms with van der Waals surface area (Å²) in [6, 6.07) is 7.48. The van der Waals surface area contributed by atoms with Crippen molar-refractivity contribution < 1.29 is 9.90 Å². The van der Waals surface area contributed by atoms with E-state index in [9.17, 15) is 9.90 Å². The van der Waals surface area contributed by atoms with Gasteiger partial charge in [0.05, 0.1) is 11.6 Å². The summed E-state index contributed by atoms with van der Waals surface area (Å²) in [5, 5.41) is 19.0. The van der Waals surface area contributed by atoms with Gasteiger partial charge < -0.3 is 10.8 Å². The average Bonchev–Trinajstić information content (AvgIpc) is 2.41. The highest BCUT2D eigenvalue weighted by Gasteiger charge is 2.38. The van der Waals surface area contributed by atoms with Gasteiger partial charge in [-0.15, -0.1) is 0 Å². The van der Waals surface area contributed by atoms with Crippen LogP contribution in [0.2, 0.25) is 0 Å². The molecule has 106 valence electrons. The Balaban J connectivity index is 2.11. The molecule has 3 N–H and O–H groups in total. The third-order valence-electron chi connectivity index (χ3n) is 3.58. The molecule has 1 aliphatic rings. The molecular weight excluding hydrogens is 322 g/mol. The molecule has 2 rings (SSSR count). The molecule has 6 heteroatoms. The lowest BCUT2D eigenvalue weighted by Crippen LogP contribution is -2.55. The van der Waals surface area contributed by atoms with Crippen molar-refractivity contribution in [2.45, 2.75) is 25.0 Å². The van der Waals surface area contributed by atoms with E-state index in [2.05, 4.69) is 22.0 Å². The molecule has 1 atom stereocenters. The van der Waals surface area contributed by atoms with E-state index in [1.54, 1.807) is 12.1 Å². The Labute approximate surface area is 126 Å². The molecular formula is C14H16BrN3O2. The van der Waals surface area contributed by atoms with Gasteiger partial charge in [0, 0.05) is 17.6 Å². The molecule has 0 aliphatic carbocycles. The Morgan fingerprint density at radius 3 is 2.95 bits per heavy atom. The van der Waals surface area contributed by atoms with Crippen LogP contribution in [0.3, 0.4) is 0 Å². The van der Waals surface area contributed by atoms with E-state index in [0.29, 0.717) is 18.5 Å². The second-order valence-corrected chi connectivity index (χ2v) is 5.98.